The number of anilines is 2. The standard InChI is InChI=1S/C25H19F3IN3O4/c1-34-22-11-20-23(24(35-2)15(22)12-29)21(7-8-30-20)36-14-4-6-19(17(28)10-14)32-25(33)31-18-5-3-13(26)9-16(18)27/h3-11H,12H2,1-2H3,(H2,31,32,33). The lowest BCUT2D eigenvalue weighted by molar-refractivity contribution is 0.262. The van der Waals surface area contributed by atoms with Crippen LogP contribution in [0.25, 0.3) is 10.9 Å². The summed E-state index contributed by atoms with van der Waals surface area (Å²) >= 11 is 2.20. The molecule has 0 aliphatic heterocycles. The Morgan fingerprint density at radius 2 is 1.61 bits per heavy atom. The van der Waals surface area contributed by atoms with E-state index in [-0.39, 0.29) is 17.1 Å². The maximum Gasteiger partial charge on any atom is 0.323 e. The molecule has 0 saturated heterocycles. The van der Waals surface area contributed by atoms with Gasteiger partial charge >= 0.3 is 6.03 Å². The number of carbonyl (C=O) groups is 1. The van der Waals surface area contributed by atoms with E-state index in [4.69, 9.17) is 14.2 Å². The number of methoxy groups -OCH3 is 2. The van der Waals surface area contributed by atoms with Crippen molar-refractivity contribution in [3.8, 4) is 23.0 Å². The number of fused-ring (bicyclic) bond motifs is 1. The van der Waals surface area contributed by atoms with Gasteiger partial charge < -0.3 is 24.8 Å². The predicted octanol–water partition coefficient (Wildman–Crippen LogP) is 7.04. The molecule has 4 aromatic rings. The first-order valence-corrected chi connectivity index (χ1v) is 12.0. The van der Waals surface area contributed by atoms with Crippen LogP contribution in [0.4, 0.5) is 29.3 Å². The number of carbonyl (C=O) groups excluding carboxylic acids is 1. The molecule has 0 bridgehead atoms. The van der Waals surface area contributed by atoms with Crippen LogP contribution in [0, 0.1) is 17.5 Å². The van der Waals surface area contributed by atoms with Gasteiger partial charge in [-0.15, -0.1) is 0 Å². The highest BCUT2D eigenvalue weighted by Crippen LogP contribution is 2.43. The molecule has 2 amide bonds. The Morgan fingerprint density at radius 3 is 2.22 bits per heavy atom. The topological polar surface area (TPSA) is 81.7 Å². The molecule has 0 spiro atoms. The molecule has 0 radical (unpaired) electrons. The first-order valence-electron chi connectivity index (χ1n) is 10.4. The van der Waals surface area contributed by atoms with Crippen molar-refractivity contribution in [1.82, 2.24) is 4.98 Å². The molecule has 0 atom stereocenters. The second-order valence-corrected chi connectivity index (χ2v) is 8.14. The van der Waals surface area contributed by atoms with Gasteiger partial charge in [0.2, 0.25) is 0 Å². The van der Waals surface area contributed by atoms with Gasteiger partial charge in [-0.05, 0) is 30.3 Å². The number of hydrogen-bond donors (Lipinski definition) is 2. The number of benzene rings is 3. The quantitative estimate of drug-likeness (QED) is 0.174. The summed E-state index contributed by atoms with van der Waals surface area (Å²) in [6.07, 6.45) is 1.55. The number of nitrogens with one attached hydrogen (secondary N) is 2. The first kappa shape index (κ1) is 25.4. The third-order valence-corrected chi connectivity index (χ3v) is 5.92. The molecule has 186 valence electrons. The van der Waals surface area contributed by atoms with Crippen molar-refractivity contribution in [1.29, 1.82) is 0 Å². The van der Waals surface area contributed by atoms with Gasteiger partial charge in [0.25, 0.3) is 0 Å². The molecular weight excluding hydrogens is 590 g/mol. The number of pyridine rings is 1. The molecule has 0 aliphatic carbocycles. The van der Waals surface area contributed by atoms with Crippen LogP contribution in [0.5, 0.6) is 23.0 Å². The number of halogens is 4. The van der Waals surface area contributed by atoms with Crippen molar-refractivity contribution in [2.75, 3.05) is 24.9 Å². The summed E-state index contributed by atoms with van der Waals surface area (Å²) in [6.45, 7) is 0. The zero-order valence-corrected chi connectivity index (χ0v) is 21.2. The van der Waals surface area contributed by atoms with Gasteiger partial charge in [-0.25, -0.2) is 18.0 Å². The minimum absolute atomic E-state index is 0.157. The monoisotopic (exact) mass is 609 g/mol. The average Bonchev–Trinajstić information content (AvgIpc) is 2.86. The van der Waals surface area contributed by atoms with Crippen LogP contribution < -0.4 is 24.8 Å². The van der Waals surface area contributed by atoms with Crippen molar-refractivity contribution in [2.24, 2.45) is 0 Å². The van der Waals surface area contributed by atoms with E-state index >= 15 is 0 Å². The molecule has 3 aromatic carbocycles. The minimum Gasteiger partial charge on any atom is -0.496 e. The molecule has 0 saturated carbocycles. The molecule has 36 heavy (non-hydrogen) atoms. The molecule has 2 N–H and O–H groups in total. The zero-order chi connectivity index (χ0) is 25.8. The van der Waals surface area contributed by atoms with E-state index in [1.165, 1.54) is 19.2 Å². The lowest BCUT2D eigenvalue weighted by atomic mass is 10.1. The second-order valence-electron chi connectivity index (χ2n) is 7.37. The van der Waals surface area contributed by atoms with Crippen LogP contribution in [-0.4, -0.2) is 25.2 Å². The Bertz CT molecular complexity index is 1450. The summed E-state index contributed by atoms with van der Waals surface area (Å²) in [4.78, 5) is 16.5. The Morgan fingerprint density at radius 1 is 0.917 bits per heavy atom. The smallest absolute Gasteiger partial charge is 0.323 e. The van der Waals surface area contributed by atoms with Crippen molar-refractivity contribution in [3.05, 3.63) is 77.7 Å². The van der Waals surface area contributed by atoms with Crippen LogP contribution in [0.2, 0.25) is 0 Å². The predicted molar refractivity (Wildman–Crippen MR) is 138 cm³/mol. The van der Waals surface area contributed by atoms with Crippen LogP contribution >= 0.6 is 22.6 Å². The van der Waals surface area contributed by atoms with Gasteiger partial charge in [0.05, 0.1) is 36.5 Å². The number of amides is 2. The number of ether oxygens (including phenoxy) is 3. The normalized spacial score (nSPS) is 10.7. The molecule has 0 aliphatic rings. The summed E-state index contributed by atoms with van der Waals surface area (Å²) in [6, 6.07) is 9.02. The maximum atomic E-state index is 14.8. The molecule has 11 heteroatoms. The van der Waals surface area contributed by atoms with E-state index in [9.17, 15) is 18.0 Å². The number of hydrogen-bond acceptors (Lipinski definition) is 5. The number of rotatable bonds is 7. The highest BCUT2D eigenvalue weighted by Gasteiger charge is 2.19. The third kappa shape index (κ3) is 5.25. The summed E-state index contributed by atoms with van der Waals surface area (Å²) in [5.74, 6) is -0.840. The molecular formula is C25H19F3IN3O4. The highest BCUT2D eigenvalue weighted by molar-refractivity contribution is 14.1. The van der Waals surface area contributed by atoms with Gasteiger partial charge in [0, 0.05) is 34.4 Å². The maximum absolute atomic E-state index is 14.8. The van der Waals surface area contributed by atoms with Crippen molar-refractivity contribution >= 4 is 50.9 Å². The lowest BCUT2D eigenvalue weighted by Crippen LogP contribution is -2.20. The molecule has 1 heterocycles. The Hall–Kier alpha value is -3.74. The van der Waals surface area contributed by atoms with E-state index < -0.39 is 23.5 Å². The fourth-order valence-corrected chi connectivity index (χ4v) is 4.27. The van der Waals surface area contributed by atoms with E-state index in [2.05, 4.69) is 38.2 Å². The van der Waals surface area contributed by atoms with Crippen LogP contribution in [-0.2, 0) is 4.43 Å². The van der Waals surface area contributed by atoms with Crippen molar-refractivity contribution in [3.63, 3.8) is 0 Å². The Balaban J connectivity index is 1.58. The average molecular weight is 609 g/mol. The number of nitrogens with zero attached hydrogens (tertiary/aromatic N) is 1. The fourth-order valence-electron chi connectivity index (χ4n) is 3.54. The van der Waals surface area contributed by atoms with Crippen molar-refractivity contribution < 1.29 is 32.2 Å². The molecule has 4 rings (SSSR count). The van der Waals surface area contributed by atoms with E-state index in [0.717, 1.165) is 23.8 Å². The SMILES string of the molecule is COc1cc2nccc(Oc3ccc(NC(=O)Nc4ccc(F)cc4F)c(F)c3)c2c(OC)c1CI. The molecule has 0 unspecified atom stereocenters. The summed E-state index contributed by atoms with van der Waals surface area (Å²) in [7, 11) is 3.09. The molecule has 0 fully saturated rings. The van der Waals surface area contributed by atoms with E-state index in [1.807, 2.05) is 0 Å². The fraction of sp³-hybridized carbons (Fsp3) is 0.120. The lowest BCUT2D eigenvalue weighted by Gasteiger charge is -2.17. The zero-order valence-electron chi connectivity index (χ0n) is 19.0. The van der Waals surface area contributed by atoms with Gasteiger partial charge in [0.1, 0.15) is 40.4 Å². The van der Waals surface area contributed by atoms with E-state index in [1.54, 1.807) is 25.4 Å². The summed E-state index contributed by atoms with van der Waals surface area (Å²) < 4.78 is 59.2. The van der Waals surface area contributed by atoms with Crippen LogP contribution in [0.15, 0.2) is 54.7 Å². The van der Waals surface area contributed by atoms with Crippen LogP contribution in [0.3, 0.4) is 0 Å². The highest BCUT2D eigenvalue weighted by atomic mass is 127. The van der Waals surface area contributed by atoms with Gasteiger partial charge in [-0.3, -0.25) is 4.98 Å². The minimum atomic E-state index is -0.960. The Kier molecular flexibility index (Phi) is 7.67. The van der Waals surface area contributed by atoms with Crippen molar-refractivity contribution in [2.45, 2.75) is 4.43 Å². The largest absolute Gasteiger partial charge is 0.496 e. The van der Waals surface area contributed by atoms with Gasteiger partial charge in [-0.1, -0.05) is 22.6 Å². The number of aromatic nitrogens is 1. The van der Waals surface area contributed by atoms with Gasteiger partial charge in [0.15, 0.2) is 0 Å². The second kappa shape index (κ2) is 10.9. The number of alkyl halides is 1. The summed E-state index contributed by atoms with van der Waals surface area (Å²) in [5, 5.41) is 5.07. The van der Waals surface area contributed by atoms with Gasteiger partial charge in [-0.2, -0.15) is 0 Å². The molecule has 1 aromatic heterocycles. The Labute approximate surface area is 217 Å². The van der Waals surface area contributed by atoms with Crippen LogP contribution in [0.1, 0.15) is 5.56 Å². The third-order valence-electron chi connectivity index (χ3n) is 5.16. The first-order chi connectivity index (χ1) is 17.3. The summed E-state index contributed by atoms with van der Waals surface area (Å²) in [5.41, 5.74) is 0.963. The van der Waals surface area contributed by atoms with E-state index in [0.29, 0.717) is 38.6 Å². The number of urea groups is 1. The molecule has 7 nitrogen and oxygen atoms in total.